The van der Waals surface area contributed by atoms with Crippen LogP contribution in [0.5, 0.6) is 0 Å². The maximum absolute atomic E-state index is 9.27. The van der Waals surface area contributed by atoms with Gasteiger partial charge in [0.05, 0.1) is 12.1 Å². The van der Waals surface area contributed by atoms with Gasteiger partial charge in [-0.3, -0.25) is 0 Å². The Bertz CT molecular complexity index is 299. The molecule has 0 unspecified atom stereocenters. The van der Waals surface area contributed by atoms with Crippen molar-refractivity contribution in [1.29, 1.82) is 0 Å². The van der Waals surface area contributed by atoms with Gasteiger partial charge in [0.1, 0.15) is 0 Å². The maximum Gasteiger partial charge on any atom is 0.0705 e. The van der Waals surface area contributed by atoms with Crippen LogP contribution in [0.1, 0.15) is 18.5 Å². The topological polar surface area (TPSA) is 98.3 Å². The summed E-state index contributed by atoms with van der Waals surface area (Å²) >= 11 is 0. The number of benzene rings is 1. The molecule has 0 saturated carbocycles. The van der Waals surface area contributed by atoms with Crippen LogP contribution in [-0.4, -0.2) is 11.2 Å². The van der Waals surface area contributed by atoms with Gasteiger partial charge in [-0.1, -0.05) is 0 Å². The van der Waals surface area contributed by atoms with E-state index in [1.807, 2.05) is 0 Å². The molecule has 0 aliphatic heterocycles. The van der Waals surface area contributed by atoms with E-state index in [2.05, 4.69) is 0 Å². The molecule has 0 aliphatic rings. The molecule has 2 atom stereocenters. The first kappa shape index (κ1) is 9.83. The lowest BCUT2D eigenvalue weighted by Crippen LogP contribution is -2.24. The van der Waals surface area contributed by atoms with Crippen molar-refractivity contribution in [2.75, 3.05) is 11.5 Å². The van der Waals surface area contributed by atoms with E-state index in [-0.39, 0.29) is 0 Å². The molecular weight excluding hydrogens is 166 g/mol. The van der Waals surface area contributed by atoms with Gasteiger partial charge in [0, 0.05) is 11.4 Å². The van der Waals surface area contributed by atoms with Crippen molar-refractivity contribution < 1.29 is 5.11 Å². The number of anilines is 2. The van der Waals surface area contributed by atoms with Crippen LogP contribution < -0.4 is 17.2 Å². The molecule has 0 spiro atoms. The molecule has 4 heteroatoms. The number of aliphatic hydroxyl groups excluding tert-OH is 1. The second kappa shape index (κ2) is 3.64. The van der Waals surface area contributed by atoms with Gasteiger partial charge < -0.3 is 22.3 Å². The molecule has 1 rings (SSSR count). The van der Waals surface area contributed by atoms with Crippen molar-refractivity contribution in [3.05, 3.63) is 23.8 Å². The average molecular weight is 181 g/mol. The first-order valence-electron chi connectivity index (χ1n) is 4.11. The smallest absolute Gasteiger partial charge is 0.0705 e. The van der Waals surface area contributed by atoms with Crippen LogP contribution in [0.15, 0.2) is 18.2 Å². The van der Waals surface area contributed by atoms with Gasteiger partial charge in [-0.05, 0) is 30.7 Å². The lowest BCUT2D eigenvalue weighted by Gasteiger charge is -2.17. The van der Waals surface area contributed by atoms with E-state index in [1.165, 1.54) is 0 Å². The zero-order chi connectivity index (χ0) is 10.0. The van der Waals surface area contributed by atoms with Crippen molar-refractivity contribution in [3.8, 4) is 0 Å². The number of rotatable bonds is 2. The third kappa shape index (κ3) is 2.11. The number of nitrogen functional groups attached to an aromatic ring is 2. The molecule has 0 fully saturated rings. The number of nitrogens with two attached hydrogens (primary N) is 3. The van der Waals surface area contributed by atoms with Crippen LogP contribution in [0.3, 0.4) is 0 Å². The molecule has 0 aromatic heterocycles. The Morgan fingerprint density at radius 3 is 2.46 bits per heavy atom. The molecule has 1 aromatic rings. The summed E-state index contributed by atoms with van der Waals surface area (Å²) in [6.07, 6.45) is -0.635. The molecule has 0 amide bonds. The van der Waals surface area contributed by atoms with Crippen LogP contribution in [0.25, 0.3) is 0 Å². The van der Waals surface area contributed by atoms with Crippen LogP contribution in [-0.2, 0) is 0 Å². The molecule has 72 valence electrons. The molecular formula is C9H15N3O. The van der Waals surface area contributed by atoms with E-state index >= 15 is 0 Å². The summed E-state index contributed by atoms with van der Waals surface area (Å²) < 4.78 is 0. The summed E-state index contributed by atoms with van der Waals surface area (Å²) in [5, 5.41) is 9.27. The van der Waals surface area contributed by atoms with Gasteiger partial charge >= 0.3 is 0 Å². The lowest BCUT2D eigenvalue weighted by molar-refractivity contribution is 0.164. The fourth-order valence-electron chi connectivity index (χ4n) is 1.14. The van der Waals surface area contributed by atoms with E-state index in [4.69, 9.17) is 17.2 Å². The van der Waals surface area contributed by atoms with Crippen molar-refractivity contribution in [3.63, 3.8) is 0 Å². The average Bonchev–Trinajstić information content (AvgIpc) is 2.08. The molecule has 13 heavy (non-hydrogen) atoms. The van der Waals surface area contributed by atoms with Crippen molar-refractivity contribution in [2.24, 2.45) is 5.73 Å². The van der Waals surface area contributed by atoms with Crippen LogP contribution >= 0.6 is 0 Å². The third-order valence-electron chi connectivity index (χ3n) is 1.99. The number of hydrogen-bond donors (Lipinski definition) is 4. The zero-order valence-corrected chi connectivity index (χ0v) is 7.57. The zero-order valence-electron chi connectivity index (χ0n) is 7.57. The summed E-state index contributed by atoms with van der Waals surface area (Å²) in [6.45, 7) is 1.62. The summed E-state index contributed by atoms with van der Waals surface area (Å²) in [4.78, 5) is 0. The second-order valence-electron chi connectivity index (χ2n) is 3.15. The molecule has 0 saturated heterocycles. The largest absolute Gasteiger partial charge is 0.399 e. The van der Waals surface area contributed by atoms with Gasteiger partial charge in [-0.25, -0.2) is 0 Å². The maximum atomic E-state index is 9.27. The van der Waals surface area contributed by atoms with E-state index < -0.39 is 12.1 Å². The molecule has 1 aromatic carbocycles. The van der Waals surface area contributed by atoms with Crippen molar-refractivity contribution in [1.82, 2.24) is 0 Å². The van der Waals surface area contributed by atoms with Crippen LogP contribution in [0.2, 0.25) is 0 Å². The summed E-state index contributed by atoms with van der Waals surface area (Å²) in [5.41, 5.74) is 18.8. The molecule has 7 N–H and O–H groups in total. The van der Waals surface area contributed by atoms with Crippen LogP contribution in [0.4, 0.5) is 11.4 Å². The molecule has 4 nitrogen and oxygen atoms in total. The Kier molecular flexibility index (Phi) is 2.75. The SMILES string of the molecule is C[C@@H](O)[C@H](N)c1cc(N)ccc1N. The minimum absolute atomic E-state index is 0.483. The second-order valence-corrected chi connectivity index (χ2v) is 3.15. The molecule has 0 radical (unpaired) electrons. The van der Waals surface area contributed by atoms with Gasteiger partial charge in [0.2, 0.25) is 0 Å². The Morgan fingerprint density at radius 2 is 1.92 bits per heavy atom. The van der Waals surface area contributed by atoms with Crippen molar-refractivity contribution >= 4 is 11.4 Å². The highest BCUT2D eigenvalue weighted by molar-refractivity contribution is 5.56. The summed E-state index contributed by atoms with van der Waals surface area (Å²) in [7, 11) is 0. The predicted molar refractivity (Wildman–Crippen MR) is 53.9 cm³/mol. The molecule has 0 heterocycles. The fraction of sp³-hybridized carbons (Fsp3) is 0.333. The Morgan fingerprint density at radius 1 is 1.31 bits per heavy atom. The summed E-state index contributed by atoms with van der Waals surface area (Å²) in [6, 6.07) is 4.59. The predicted octanol–water partition coefficient (Wildman–Crippen LogP) is 0.232. The van der Waals surface area contributed by atoms with E-state index in [0.29, 0.717) is 16.9 Å². The molecule has 0 bridgehead atoms. The monoisotopic (exact) mass is 181 g/mol. The Hall–Kier alpha value is -1.26. The standard InChI is InChI=1S/C9H15N3O/c1-5(13)9(12)7-4-6(10)2-3-8(7)11/h2-5,9,13H,10-12H2,1H3/t5-,9+/m1/s1. The van der Waals surface area contributed by atoms with Crippen LogP contribution in [0, 0.1) is 0 Å². The Labute approximate surface area is 77.3 Å². The summed E-state index contributed by atoms with van der Waals surface area (Å²) in [5.74, 6) is 0. The van der Waals surface area contributed by atoms with Gasteiger partial charge in [0.25, 0.3) is 0 Å². The van der Waals surface area contributed by atoms with Crippen molar-refractivity contribution in [2.45, 2.75) is 19.1 Å². The molecule has 0 aliphatic carbocycles. The highest BCUT2D eigenvalue weighted by atomic mass is 16.3. The number of hydrogen-bond acceptors (Lipinski definition) is 4. The first-order chi connectivity index (χ1) is 6.02. The van der Waals surface area contributed by atoms with Gasteiger partial charge in [0.15, 0.2) is 0 Å². The van der Waals surface area contributed by atoms with Gasteiger partial charge in [-0.2, -0.15) is 0 Å². The first-order valence-corrected chi connectivity index (χ1v) is 4.11. The Balaban J connectivity index is 3.05. The minimum atomic E-state index is -0.635. The highest BCUT2D eigenvalue weighted by Crippen LogP contribution is 2.23. The lowest BCUT2D eigenvalue weighted by atomic mass is 10.0. The van der Waals surface area contributed by atoms with E-state index in [1.54, 1.807) is 25.1 Å². The van der Waals surface area contributed by atoms with Gasteiger partial charge in [-0.15, -0.1) is 0 Å². The minimum Gasteiger partial charge on any atom is -0.399 e. The highest BCUT2D eigenvalue weighted by Gasteiger charge is 2.14. The third-order valence-corrected chi connectivity index (χ3v) is 1.99. The number of aliphatic hydroxyl groups is 1. The normalized spacial score (nSPS) is 15.3. The van der Waals surface area contributed by atoms with E-state index in [0.717, 1.165) is 0 Å². The van der Waals surface area contributed by atoms with E-state index in [9.17, 15) is 5.11 Å². The quantitative estimate of drug-likeness (QED) is 0.491. The fourth-order valence-corrected chi connectivity index (χ4v) is 1.14.